The predicted molar refractivity (Wildman–Crippen MR) is 91.7 cm³/mol. The number of benzene rings is 2. The van der Waals surface area contributed by atoms with E-state index in [-0.39, 0.29) is 17.8 Å². The molecule has 0 saturated carbocycles. The van der Waals surface area contributed by atoms with E-state index in [9.17, 15) is 9.90 Å². The second kappa shape index (κ2) is 7.36. The van der Waals surface area contributed by atoms with Crippen molar-refractivity contribution in [1.82, 2.24) is 0 Å². The minimum absolute atomic E-state index is 0.0501. The van der Waals surface area contributed by atoms with Gasteiger partial charge in [0, 0.05) is 12.2 Å². The Morgan fingerprint density at radius 1 is 1.33 bits per heavy atom. The number of rotatable bonds is 5. The summed E-state index contributed by atoms with van der Waals surface area (Å²) in [7, 11) is 0. The van der Waals surface area contributed by atoms with Crippen LogP contribution in [0.2, 0.25) is 0 Å². The summed E-state index contributed by atoms with van der Waals surface area (Å²) in [4.78, 5) is 12.4. The monoisotopic (exact) mass is 327 g/mol. The van der Waals surface area contributed by atoms with Crippen LogP contribution in [0.25, 0.3) is 0 Å². The van der Waals surface area contributed by atoms with Crippen molar-refractivity contribution in [3.05, 3.63) is 53.6 Å². The molecule has 0 radical (unpaired) electrons. The third-order valence-corrected chi connectivity index (χ3v) is 3.96. The number of carbonyl (C=O) groups excluding carboxylic acids is 1. The van der Waals surface area contributed by atoms with Gasteiger partial charge in [-0.1, -0.05) is 12.1 Å². The zero-order chi connectivity index (χ0) is 16.9. The highest BCUT2D eigenvalue weighted by atomic mass is 16.5. The second-order valence-corrected chi connectivity index (χ2v) is 5.95. The Morgan fingerprint density at radius 2 is 2.21 bits per heavy atom. The van der Waals surface area contributed by atoms with E-state index in [2.05, 4.69) is 5.32 Å². The largest absolute Gasteiger partial charge is 0.506 e. The SMILES string of the molecule is Cc1ccc(NC(=O)c2cccc(OCC3CCCO3)c2)c(O)c1. The number of aromatic hydroxyl groups is 1. The third kappa shape index (κ3) is 4.06. The van der Waals surface area contributed by atoms with Gasteiger partial charge >= 0.3 is 0 Å². The Balaban J connectivity index is 1.65. The van der Waals surface area contributed by atoms with E-state index in [4.69, 9.17) is 9.47 Å². The highest BCUT2D eigenvalue weighted by molar-refractivity contribution is 6.05. The van der Waals surface area contributed by atoms with Crippen LogP contribution >= 0.6 is 0 Å². The lowest BCUT2D eigenvalue weighted by Crippen LogP contribution is -2.17. The standard InChI is InChI=1S/C19H21NO4/c1-13-7-8-17(18(21)10-13)20-19(22)14-4-2-5-15(11-14)24-12-16-6-3-9-23-16/h2,4-5,7-8,10-11,16,21H,3,6,9,12H2,1H3,(H,20,22). The van der Waals surface area contributed by atoms with E-state index in [0.29, 0.717) is 23.6 Å². The van der Waals surface area contributed by atoms with Gasteiger partial charge < -0.3 is 19.9 Å². The van der Waals surface area contributed by atoms with Crippen LogP contribution < -0.4 is 10.1 Å². The maximum Gasteiger partial charge on any atom is 0.255 e. The first kappa shape index (κ1) is 16.3. The Bertz CT molecular complexity index is 723. The first-order valence-electron chi connectivity index (χ1n) is 8.07. The van der Waals surface area contributed by atoms with Gasteiger partial charge in [0.2, 0.25) is 0 Å². The fraction of sp³-hybridized carbons (Fsp3) is 0.316. The van der Waals surface area contributed by atoms with Crippen LogP contribution in [-0.4, -0.2) is 30.3 Å². The van der Waals surface area contributed by atoms with Crippen LogP contribution in [0.1, 0.15) is 28.8 Å². The molecular weight excluding hydrogens is 306 g/mol. The number of ether oxygens (including phenoxy) is 2. The summed E-state index contributed by atoms with van der Waals surface area (Å²) in [6.45, 7) is 3.15. The summed E-state index contributed by atoms with van der Waals surface area (Å²) in [5.41, 5.74) is 1.78. The first-order chi connectivity index (χ1) is 11.6. The van der Waals surface area contributed by atoms with Crippen LogP contribution in [0, 0.1) is 6.92 Å². The van der Waals surface area contributed by atoms with Gasteiger partial charge in [0.05, 0.1) is 11.8 Å². The first-order valence-corrected chi connectivity index (χ1v) is 8.07. The van der Waals surface area contributed by atoms with Crippen molar-refractivity contribution >= 4 is 11.6 Å². The summed E-state index contributed by atoms with van der Waals surface area (Å²) >= 11 is 0. The third-order valence-electron chi connectivity index (χ3n) is 3.96. The van der Waals surface area contributed by atoms with Crippen LogP contribution in [0.15, 0.2) is 42.5 Å². The summed E-state index contributed by atoms with van der Waals surface area (Å²) in [5.74, 6) is 0.386. The number of aryl methyl sites for hydroxylation is 1. The Hall–Kier alpha value is -2.53. The molecule has 5 heteroatoms. The molecule has 0 aliphatic carbocycles. The zero-order valence-corrected chi connectivity index (χ0v) is 13.6. The Morgan fingerprint density at radius 3 is 2.96 bits per heavy atom. The van der Waals surface area contributed by atoms with Crippen LogP contribution in [-0.2, 0) is 4.74 Å². The minimum atomic E-state index is -0.295. The number of carbonyl (C=O) groups is 1. The topological polar surface area (TPSA) is 67.8 Å². The summed E-state index contributed by atoms with van der Waals surface area (Å²) in [6.07, 6.45) is 2.20. The maximum atomic E-state index is 12.4. The normalized spacial score (nSPS) is 16.8. The highest BCUT2D eigenvalue weighted by Gasteiger charge is 2.16. The average molecular weight is 327 g/mol. The van der Waals surface area contributed by atoms with Crippen molar-refractivity contribution < 1.29 is 19.4 Å². The van der Waals surface area contributed by atoms with Gasteiger partial charge in [-0.15, -0.1) is 0 Å². The fourth-order valence-corrected chi connectivity index (χ4v) is 2.63. The molecule has 5 nitrogen and oxygen atoms in total. The molecule has 0 bridgehead atoms. The lowest BCUT2D eigenvalue weighted by Gasteiger charge is -2.12. The van der Waals surface area contributed by atoms with Gasteiger partial charge in [0.25, 0.3) is 5.91 Å². The summed E-state index contributed by atoms with van der Waals surface area (Å²) in [5, 5.41) is 12.6. The molecule has 1 heterocycles. The second-order valence-electron chi connectivity index (χ2n) is 5.95. The molecule has 0 aromatic heterocycles. The predicted octanol–water partition coefficient (Wildman–Crippen LogP) is 3.51. The molecule has 2 N–H and O–H groups in total. The van der Waals surface area contributed by atoms with Gasteiger partial charge in [0.1, 0.15) is 18.1 Å². The van der Waals surface area contributed by atoms with Crippen molar-refractivity contribution in [3.8, 4) is 11.5 Å². The lowest BCUT2D eigenvalue weighted by molar-refractivity contribution is 0.0679. The molecule has 1 atom stereocenters. The smallest absolute Gasteiger partial charge is 0.255 e. The number of phenols is 1. The number of nitrogens with one attached hydrogen (secondary N) is 1. The number of phenolic OH excluding ortho intramolecular Hbond substituents is 1. The van der Waals surface area contributed by atoms with Crippen molar-refractivity contribution in [3.63, 3.8) is 0 Å². The number of anilines is 1. The molecule has 1 fully saturated rings. The molecule has 1 amide bonds. The molecule has 1 saturated heterocycles. The van der Waals surface area contributed by atoms with E-state index in [1.54, 1.807) is 30.3 Å². The Labute approximate surface area is 141 Å². The fourth-order valence-electron chi connectivity index (χ4n) is 2.63. The number of hydrogen-bond acceptors (Lipinski definition) is 4. The van der Waals surface area contributed by atoms with Gasteiger partial charge in [-0.3, -0.25) is 4.79 Å². The van der Waals surface area contributed by atoms with E-state index >= 15 is 0 Å². The molecule has 126 valence electrons. The molecule has 1 aliphatic rings. The molecule has 0 spiro atoms. The molecule has 1 aliphatic heterocycles. The average Bonchev–Trinajstić information content (AvgIpc) is 3.09. The van der Waals surface area contributed by atoms with E-state index in [0.717, 1.165) is 25.0 Å². The van der Waals surface area contributed by atoms with Gasteiger partial charge in [0.15, 0.2) is 0 Å². The van der Waals surface area contributed by atoms with Gasteiger partial charge in [-0.2, -0.15) is 0 Å². The lowest BCUT2D eigenvalue weighted by atomic mass is 10.1. The zero-order valence-electron chi connectivity index (χ0n) is 13.6. The molecular formula is C19H21NO4. The minimum Gasteiger partial charge on any atom is -0.506 e. The van der Waals surface area contributed by atoms with Crippen molar-refractivity contribution in [2.75, 3.05) is 18.5 Å². The highest BCUT2D eigenvalue weighted by Crippen LogP contribution is 2.25. The number of hydrogen-bond donors (Lipinski definition) is 2. The van der Waals surface area contributed by atoms with Crippen molar-refractivity contribution in [2.45, 2.75) is 25.9 Å². The van der Waals surface area contributed by atoms with Gasteiger partial charge in [-0.25, -0.2) is 0 Å². The van der Waals surface area contributed by atoms with Crippen LogP contribution in [0.3, 0.4) is 0 Å². The molecule has 24 heavy (non-hydrogen) atoms. The Kier molecular flexibility index (Phi) is 5.01. The quantitative estimate of drug-likeness (QED) is 0.825. The molecule has 1 unspecified atom stereocenters. The summed E-state index contributed by atoms with van der Waals surface area (Å²) in [6, 6.07) is 12.1. The van der Waals surface area contributed by atoms with Crippen molar-refractivity contribution in [1.29, 1.82) is 0 Å². The van der Waals surface area contributed by atoms with E-state index in [1.807, 2.05) is 19.1 Å². The molecule has 3 rings (SSSR count). The molecule has 2 aromatic carbocycles. The van der Waals surface area contributed by atoms with Gasteiger partial charge in [-0.05, 0) is 55.7 Å². The van der Waals surface area contributed by atoms with E-state index < -0.39 is 0 Å². The number of amides is 1. The maximum absolute atomic E-state index is 12.4. The van der Waals surface area contributed by atoms with E-state index in [1.165, 1.54) is 0 Å². The summed E-state index contributed by atoms with van der Waals surface area (Å²) < 4.78 is 11.2. The molecule has 2 aromatic rings. The van der Waals surface area contributed by atoms with Crippen molar-refractivity contribution in [2.24, 2.45) is 0 Å². The van der Waals surface area contributed by atoms with Crippen LogP contribution in [0.4, 0.5) is 5.69 Å². The van der Waals surface area contributed by atoms with Crippen LogP contribution in [0.5, 0.6) is 11.5 Å².